The second-order valence-corrected chi connectivity index (χ2v) is 4.59. The number of aromatic nitrogens is 2. The summed E-state index contributed by atoms with van der Waals surface area (Å²) in [5, 5.41) is 0. The zero-order valence-corrected chi connectivity index (χ0v) is 11.7. The van der Waals surface area contributed by atoms with E-state index in [1.54, 1.807) is 14.2 Å². The van der Waals surface area contributed by atoms with E-state index in [2.05, 4.69) is 16.5 Å². The van der Waals surface area contributed by atoms with E-state index in [4.69, 9.17) is 21.7 Å². The van der Waals surface area contributed by atoms with E-state index in [0.29, 0.717) is 6.61 Å². The third-order valence-corrected chi connectivity index (χ3v) is 3.42. The van der Waals surface area contributed by atoms with Gasteiger partial charge in [0.05, 0.1) is 30.8 Å². The molecule has 0 aliphatic carbocycles. The van der Waals surface area contributed by atoms with Crippen LogP contribution in [0.2, 0.25) is 0 Å². The molecule has 1 atom stereocenters. The van der Waals surface area contributed by atoms with Crippen LogP contribution in [-0.2, 0) is 4.74 Å². The normalized spacial score (nSPS) is 12.8. The Bertz CT molecular complexity index is 588. The fourth-order valence-corrected chi connectivity index (χ4v) is 2.52. The second kappa shape index (κ2) is 5.54. The van der Waals surface area contributed by atoms with Crippen molar-refractivity contribution >= 4 is 23.3 Å². The highest BCUT2D eigenvalue weighted by Crippen LogP contribution is 2.25. The third kappa shape index (κ3) is 2.28. The number of H-pyrrole nitrogens is 1. The SMILES string of the molecule is CCC(COC)n1c(=S)[nH]c2ccc(OC)cc21. The number of fused-ring (bicyclic) bond motifs is 1. The quantitative estimate of drug-likeness (QED) is 0.844. The zero-order chi connectivity index (χ0) is 13.1. The first-order valence-corrected chi connectivity index (χ1v) is 6.39. The van der Waals surface area contributed by atoms with Crippen LogP contribution in [0.3, 0.4) is 0 Å². The van der Waals surface area contributed by atoms with Gasteiger partial charge in [-0.05, 0) is 30.8 Å². The smallest absolute Gasteiger partial charge is 0.178 e. The van der Waals surface area contributed by atoms with Crippen LogP contribution in [0.4, 0.5) is 0 Å². The van der Waals surface area contributed by atoms with Crippen molar-refractivity contribution in [3.63, 3.8) is 0 Å². The molecular weight excluding hydrogens is 248 g/mol. The van der Waals surface area contributed by atoms with E-state index in [0.717, 1.165) is 28.0 Å². The highest BCUT2D eigenvalue weighted by atomic mass is 32.1. The maximum absolute atomic E-state index is 5.40. The number of imidazole rings is 1. The standard InChI is InChI=1S/C13H18N2O2S/c1-4-9(8-16-2)15-12-7-10(17-3)5-6-11(12)14-13(15)18/h5-7,9H,4,8H2,1-3H3,(H,14,18). The fraction of sp³-hybridized carbons (Fsp3) is 0.462. The predicted octanol–water partition coefficient (Wildman–Crippen LogP) is 3.30. The Hall–Kier alpha value is -1.33. The van der Waals surface area contributed by atoms with Crippen LogP contribution in [0.1, 0.15) is 19.4 Å². The summed E-state index contributed by atoms with van der Waals surface area (Å²) in [4.78, 5) is 3.22. The van der Waals surface area contributed by atoms with E-state index in [-0.39, 0.29) is 6.04 Å². The van der Waals surface area contributed by atoms with Gasteiger partial charge in [0.25, 0.3) is 0 Å². The van der Waals surface area contributed by atoms with Crippen LogP contribution in [0.15, 0.2) is 18.2 Å². The first kappa shape index (κ1) is 13.1. The molecule has 0 bridgehead atoms. The van der Waals surface area contributed by atoms with Crippen LogP contribution in [0.25, 0.3) is 11.0 Å². The van der Waals surface area contributed by atoms with Gasteiger partial charge in [-0.25, -0.2) is 0 Å². The number of ether oxygens (including phenoxy) is 2. The van der Waals surface area contributed by atoms with Gasteiger partial charge >= 0.3 is 0 Å². The van der Waals surface area contributed by atoms with Gasteiger partial charge in [-0.2, -0.15) is 0 Å². The molecule has 5 heteroatoms. The minimum atomic E-state index is 0.239. The molecule has 2 aromatic rings. The van der Waals surface area contributed by atoms with Crippen molar-refractivity contribution in [3.05, 3.63) is 23.0 Å². The molecule has 18 heavy (non-hydrogen) atoms. The average Bonchev–Trinajstić information content (AvgIpc) is 2.71. The van der Waals surface area contributed by atoms with Gasteiger partial charge in [-0.15, -0.1) is 0 Å². The third-order valence-electron chi connectivity index (χ3n) is 3.12. The summed E-state index contributed by atoms with van der Waals surface area (Å²) in [5.41, 5.74) is 2.08. The maximum atomic E-state index is 5.40. The monoisotopic (exact) mass is 266 g/mol. The minimum Gasteiger partial charge on any atom is -0.497 e. The lowest BCUT2D eigenvalue weighted by Crippen LogP contribution is -2.13. The maximum Gasteiger partial charge on any atom is 0.178 e. The van der Waals surface area contributed by atoms with Crippen LogP contribution >= 0.6 is 12.2 Å². The van der Waals surface area contributed by atoms with E-state index in [1.165, 1.54) is 0 Å². The molecular formula is C13H18N2O2S. The molecule has 0 saturated carbocycles. The van der Waals surface area contributed by atoms with Gasteiger partial charge in [0.1, 0.15) is 5.75 Å². The summed E-state index contributed by atoms with van der Waals surface area (Å²) in [7, 11) is 3.38. The summed E-state index contributed by atoms with van der Waals surface area (Å²) in [6.45, 7) is 2.78. The number of rotatable bonds is 5. The van der Waals surface area contributed by atoms with Crippen molar-refractivity contribution in [2.45, 2.75) is 19.4 Å². The van der Waals surface area contributed by atoms with Crippen LogP contribution in [0.5, 0.6) is 5.75 Å². The lowest BCUT2D eigenvalue weighted by atomic mass is 10.2. The van der Waals surface area contributed by atoms with Crippen molar-refractivity contribution in [3.8, 4) is 5.75 Å². The van der Waals surface area contributed by atoms with Gasteiger partial charge in [-0.3, -0.25) is 0 Å². The lowest BCUT2D eigenvalue weighted by Gasteiger charge is -2.17. The largest absolute Gasteiger partial charge is 0.497 e. The molecule has 0 spiro atoms. The fourth-order valence-electron chi connectivity index (χ4n) is 2.16. The molecule has 2 rings (SSSR count). The lowest BCUT2D eigenvalue weighted by molar-refractivity contribution is 0.154. The second-order valence-electron chi connectivity index (χ2n) is 4.20. The van der Waals surface area contributed by atoms with Crippen LogP contribution in [-0.4, -0.2) is 30.4 Å². The summed E-state index contributed by atoms with van der Waals surface area (Å²) >= 11 is 5.40. The first-order valence-electron chi connectivity index (χ1n) is 5.98. The summed E-state index contributed by atoms with van der Waals surface area (Å²) in [6, 6.07) is 6.15. The van der Waals surface area contributed by atoms with Gasteiger partial charge in [0.15, 0.2) is 4.77 Å². The molecule has 1 heterocycles. The Kier molecular flexibility index (Phi) is 4.04. The number of nitrogens with one attached hydrogen (secondary N) is 1. The number of hydrogen-bond donors (Lipinski definition) is 1. The highest BCUT2D eigenvalue weighted by molar-refractivity contribution is 7.71. The van der Waals surface area contributed by atoms with Crippen LogP contribution < -0.4 is 4.74 Å². The Morgan fingerprint density at radius 1 is 1.39 bits per heavy atom. The zero-order valence-electron chi connectivity index (χ0n) is 10.9. The summed E-state index contributed by atoms with van der Waals surface area (Å²) in [6.07, 6.45) is 0.965. The molecule has 0 fully saturated rings. The van der Waals surface area contributed by atoms with E-state index in [1.807, 2.05) is 18.2 Å². The molecule has 98 valence electrons. The Labute approximate surface area is 112 Å². The molecule has 0 radical (unpaired) electrons. The van der Waals surface area contributed by atoms with Crippen molar-refractivity contribution in [1.29, 1.82) is 0 Å². The molecule has 4 nitrogen and oxygen atoms in total. The highest BCUT2D eigenvalue weighted by Gasteiger charge is 2.14. The Balaban J connectivity index is 2.60. The van der Waals surface area contributed by atoms with Crippen LogP contribution in [0, 0.1) is 4.77 Å². The number of nitrogens with zero attached hydrogens (tertiary/aromatic N) is 1. The number of aromatic amines is 1. The number of methoxy groups -OCH3 is 2. The molecule has 1 unspecified atom stereocenters. The topological polar surface area (TPSA) is 39.2 Å². The van der Waals surface area contributed by atoms with E-state index in [9.17, 15) is 0 Å². The molecule has 0 aliphatic rings. The molecule has 0 saturated heterocycles. The van der Waals surface area contributed by atoms with Gasteiger partial charge in [0.2, 0.25) is 0 Å². The first-order chi connectivity index (χ1) is 8.71. The minimum absolute atomic E-state index is 0.239. The molecule has 0 amide bonds. The predicted molar refractivity (Wildman–Crippen MR) is 74.9 cm³/mol. The molecule has 0 aliphatic heterocycles. The summed E-state index contributed by atoms with van der Waals surface area (Å²) in [5.74, 6) is 0.831. The van der Waals surface area contributed by atoms with Crippen molar-refractivity contribution in [2.75, 3.05) is 20.8 Å². The molecule has 1 N–H and O–H groups in total. The van der Waals surface area contributed by atoms with Gasteiger partial charge in [-0.1, -0.05) is 6.92 Å². The number of hydrogen-bond acceptors (Lipinski definition) is 3. The molecule has 1 aromatic heterocycles. The van der Waals surface area contributed by atoms with E-state index >= 15 is 0 Å². The van der Waals surface area contributed by atoms with Crippen molar-refractivity contribution < 1.29 is 9.47 Å². The van der Waals surface area contributed by atoms with Crippen molar-refractivity contribution in [1.82, 2.24) is 9.55 Å². The van der Waals surface area contributed by atoms with Gasteiger partial charge < -0.3 is 19.0 Å². The number of benzene rings is 1. The Morgan fingerprint density at radius 3 is 2.78 bits per heavy atom. The van der Waals surface area contributed by atoms with Crippen molar-refractivity contribution in [2.24, 2.45) is 0 Å². The Morgan fingerprint density at radius 2 is 2.17 bits per heavy atom. The van der Waals surface area contributed by atoms with E-state index < -0.39 is 0 Å². The summed E-state index contributed by atoms with van der Waals surface area (Å²) < 4.78 is 13.4. The van der Waals surface area contributed by atoms with Gasteiger partial charge in [0, 0.05) is 13.2 Å². The molecule has 1 aromatic carbocycles. The average molecular weight is 266 g/mol.